The summed E-state index contributed by atoms with van der Waals surface area (Å²) in [4.78, 5) is 15.5. The second-order valence-electron chi connectivity index (χ2n) is 5.54. The Morgan fingerprint density at radius 1 is 1.21 bits per heavy atom. The predicted octanol–water partition coefficient (Wildman–Crippen LogP) is 4.29. The molecule has 0 aliphatic carbocycles. The Kier molecular flexibility index (Phi) is 9.84. The fraction of sp³-hybridized carbons (Fsp3) is 0.647. The van der Waals surface area contributed by atoms with Gasteiger partial charge >= 0.3 is 13.6 Å². The largest absolute Gasteiger partial charge is 0.481 e. The smallest absolute Gasteiger partial charge is 0.344 e. The molecule has 1 aromatic rings. The minimum absolute atomic E-state index is 0.173. The van der Waals surface area contributed by atoms with Crippen LogP contribution in [0.4, 0.5) is 0 Å². The Labute approximate surface area is 144 Å². The van der Waals surface area contributed by atoms with Crippen LogP contribution in [0.3, 0.4) is 0 Å². The topological polar surface area (TPSA) is 85.7 Å². The number of carboxylic acid groups (broad SMARTS) is 1. The highest BCUT2D eigenvalue weighted by Gasteiger charge is 2.40. The zero-order valence-electron chi connectivity index (χ0n) is 14.5. The molecular formula is C17H28NO5P. The first kappa shape index (κ1) is 20.8. The molecule has 0 radical (unpaired) electrons. The van der Waals surface area contributed by atoms with Crippen molar-refractivity contribution in [3.05, 3.63) is 30.1 Å². The van der Waals surface area contributed by atoms with Crippen molar-refractivity contribution in [1.29, 1.82) is 0 Å². The van der Waals surface area contributed by atoms with Gasteiger partial charge in [-0.05, 0) is 44.7 Å². The van der Waals surface area contributed by atoms with Gasteiger partial charge in [-0.3, -0.25) is 14.3 Å². The van der Waals surface area contributed by atoms with E-state index in [1.807, 2.05) is 18.3 Å². The first-order valence-corrected chi connectivity index (χ1v) is 10.1. The number of hydrogen-bond donors (Lipinski definition) is 1. The second kappa shape index (κ2) is 11.3. The lowest BCUT2D eigenvalue weighted by Crippen LogP contribution is -2.23. The van der Waals surface area contributed by atoms with E-state index in [1.54, 1.807) is 20.0 Å². The molecule has 0 spiro atoms. The van der Waals surface area contributed by atoms with Gasteiger partial charge in [0, 0.05) is 12.4 Å². The molecule has 0 amide bonds. The maximum atomic E-state index is 12.6. The Morgan fingerprint density at radius 3 is 2.42 bits per heavy atom. The number of unbranched alkanes of at least 4 members (excludes halogenated alkanes) is 3. The van der Waals surface area contributed by atoms with E-state index < -0.39 is 19.2 Å². The van der Waals surface area contributed by atoms with Crippen molar-refractivity contribution in [1.82, 2.24) is 4.98 Å². The van der Waals surface area contributed by atoms with Gasteiger partial charge in [-0.25, -0.2) is 0 Å². The minimum atomic E-state index is -3.60. The quantitative estimate of drug-likeness (QED) is 0.418. The second-order valence-corrected chi connectivity index (χ2v) is 7.76. The molecule has 0 aliphatic heterocycles. The van der Waals surface area contributed by atoms with E-state index in [0.717, 1.165) is 25.7 Å². The lowest BCUT2D eigenvalue weighted by Gasteiger charge is -2.23. The van der Waals surface area contributed by atoms with Gasteiger partial charge in [0.15, 0.2) is 5.66 Å². The van der Waals surface area contributed by atoms with Gasteiger partial charge in [0.1, 0.15) is 0 Å². The monoisotopic (exact) mass is 357 g/mol. The molecule has 0 aromatic carbocycles. The van der Waals surface area contributed by atoms with Gasteiger partial charge in [-0.2, -0.15) is 0 Å². The van der Waals surface area contributed by atoms with Gasteiger partial charge in [-0.15, -0.1) is 0 Å². The van der Waals surface area contributed by atoms with E-state index in [9.17, 15) is 14.5 Å². The summed E-state index contributed by atoms with van der Waals surface area (Å²) in [6.45, 7) is 3.71. The predicted molar refractivity (Wildman–Crippen MR) is 93.3 cm³/mol. The summed E-state index contributed by atoms with van der Waals surface area (Å²) in [5.41, 5.74) is 0.119. The van der Waals surface area contributed by atoms with Crippen LogP contribution in [-0.4, -0.2) is 34.9 Å². The van der Waals surface area contributed by atoms with Crippen LogP contribution in [0.25, 0.3) is 0 Å². The average molecular weight is 357 g/mol. The number of nitrogens with zero attached hydrogens (tertiary/aromatic N) is 1. The summed E-state index contributed by atoms with van der Waals surface area (Å²) >= 11 is 0. The van der Waals surface area contributed by atoms with Gasteiger partial charge in [-0.1, -0.05) is 25.3 Å². The maximum Gasteiger partial charge on any atom is 0.344 e. The van der Waals surface area contributed by atoms with Crippen molar-refractivity contribution < 1.29 is 23.5 Å². The fourth-order valence-corrected chi connectivity index (χ4v) is 4.48. The Bertz CT molecular complexity index is 513. The van der Waals surface area contributed by atoms with Crippen LogP contribution in [0, 0.1) is 0 Å². The highest BCUT2D eigenvalue weighted by atomic mass is 31.2. The van der Waals surface area contributed by atoms with Crippen molar-refractivity contribution in [3.63, 3.8) is 0 Å². The Hall–Kier alpha value is -1.23. The van der Waals surface area contributed by atoms with Crippen molar-refractivity contribution in [2.24, 2.45) is 0 Å². The number of pyridine rings is 1. The molecule has 1 heterocycles. The normalized spacial score (nSPS) is 12.9. The molecule has 0 saturated heterocycles. The SMILES string of the molecule is CCOP(=O)(OCC)[C@@H](CCCCCCc1cccnc1)C(=O)O. The van der Waals surface area contributed by atoms with Crippen LogP contribution in [0.1, 0.15) is 51.5 Å². The number of carboxylic acids is 1. The molecule has 6 nitrogen and oxygen atoms in total. The number of aliphatic carboxylic acids is 1. The molecule has 24 heavy (non-hydrogen) atoms. The van der Waals surface area contributed by atoms with E-state index in [4.69, 9.17) is 9.05 Å². The van der Waals surface area contributed by atoms with E-state index in [1.165, 1.54) is 5.56 Å². The lowest BCUT2D eigenvalue weighted by molar-refractivity contribution is -0.137. The average Bonchev–Trinajstić information content (AvgIpc) is 2.55. The van der Waals surface area contributed by atoms with Crippen LogP contribution in [-0.2, 0) is 24.8 Å². The minimum Gasteiger partial charge on any atom is -0.481 e. The first-order chi connectivity index (χ1) is 11.5. The van der Waals surface area contributed by atoms with E-state index in [0.29, 0.717) is 12.8 Å². The van der Waals surface area contributed by atoms with E-state index >= 15 is 0 Å². The molecule has 0 bridgehead atoms. The maximum absolute atomic E-state index is 12.6. The van der Waals surface area contributed by atoms with Gasteiger partial charge in [0.2, 0.25) is 0 Å². The molecule has 1 atom stereocenters. The fourth-order valence-electron chi connectivity index (χ4n) is 2.56. The summed E-state index contributed by atoms with van der Waals surface area (Å²) in [6.07, 6.45) is 8.49. The molecule has 1 aromatic heterocycles. The molecule has 1 N–H and O–H groups in total. The lowest BCUT2D eigenvalue weighted by atomic mass is 10.1. The number of carbonyl (C=O) groups is 1. The zero-order valence-corrected chi connectivity index (χ0v) is 15.4. The van der Waals surface area contributed by atoms with Crippen LogP contribution in [0.2, 0.25) is 0 Å². The highest BCUT2D eigenvalue weighted by molar-refractivity contribution is 7.55. The van der Waals surface area contributed by atoms with Crippen LogP contribution >= 0.6 is 7.60 Å². The molecule has 7 heteroatoms. The summed E-state index contributed by atoms with van der Waals surface area (Å²) in [6, 6.07) is 3.97. The first-order valence-electron chi connectivity index (χ1n) is 8.54. The molecular weight excluding hydrogens is 329 g/mol. The molecule has 0 aliphatic rings. The third-order valence-electron chi connectivity index (χ3n) is 3.70. The number of hydrogen-bond acceptors (Lipinski definition) is 5. The van der Waals surface area contributed by atoms with Gasteiger partial charge in [0.25, 0.3) is 0 Å². The Balaban J connectivity index is 2.38. The van der Waals surface area contributed by atoms with Crippen LogP contribution in [0.5, 0.6) is 0 Å². The molecule has 1 rings (SSSR count). The summed E-state index contributed by atoms with van der Waals surface area (Å²) < 4.78 is 23.0. The third-order valence-corrected chi connectivity index (χ3v) is 6.18. The number of aryl methyl sites for hydroxylation is 1. The highest BCUT2D eigenvalue weighted by Crippen LogP contribution is 2.54. The summed E-state index contributed by atoms with van der Waals surface area (Å²) in [5, 5.41) is 9.37. The zero-order chi connectivity index (χ0) is 17.8. The van der Waals surface area contributed by atoms with E-state index in [2.05, 4.69) is 4.98 Å². The summed E-state index contributed by atoms with van der Waals surface area (Å²) in [5.74, 6) is -1.12. The third kappa shape index (κ3) is 7.12. The van der Waals surface area contributed by atoms with Crippen molar-refractivity contribution in [3.8, 4) is 0 Å². The molecule has 0 unspecified atom stereocenters. The molecule has 0 saturated carbocycles. The van der Waals surface area contributed by atoms with Crippen molar-refractivity contribution in [2.75, 3.05) is 13.2 Å². The number of rotatable bonds is 13. The van der Waals surface area contributed by atoms with Gasteiger partial charge < -0.3 is 14.2 Å². The van der Waals surface area contributed by atoms with Crippen molar-refractivity contribution in [2.45, 2.75) is 58.0 Å². The van der Waals surface area contributed by atoms with Crippen molar-refractivity contribution >= 4 is 13.6 Å². The van der Waals surface area contributed by atoms with Gasteiger partial charge in [0.05, 0.1) is 13.2 Å². The molecule has 136 valence electrons. The van der Waals surface area contributed by atoms with Crippen LogP contribution < -0.4 is 0 Å². The summed E-state index contributed by atoms with van der Waals surface area (Å²) in [7, 11) is -3.60. The van der Waals surface area contributed by atoms with E-state index in [-0.39, 0.29) is 13.2 Å². The van der Waals surface area contributed by atoms with Crippen LogP contribution in [0.15, 0.2) is 24.5 Å². The standard InChI is InChI=1S/C17H28NO5P/c1-3-22-24(21,23-4-2)16(17(19)20)12-8-6-5-7-10-15-11-9-13-18-14-15/h9,11,13-14,16H,3-8,10,12H2,1-2H3,(H,19,20)/t16-/m0/s1. The molecule has 0 fully saturated rings. The Morgan fingerprint density at radius 2 is 1.88 bits per heavy atom. The number of aromatic nitrogens is 1.